The molecule has 1 N–H and O–H groups in total. The van der Waals surface area contributed by atoms with Crippen LogP contribution in [0.3, 0.4) is 0 Å². The van der Waals surface area contributed by atoms with E-state index in [-0.39, 0.29) is 5.75 Å². The van der Waals surface area contributed by atoms with Crippen LogP contribution in [0.15, 0.2) is 18.2 Å². The summed E-state index contributed by atoms with van der Waals surface area (Å²) in [5.41, 5.74) is 0.925. The van der Waals surface area contributed by atoms with Crippen LogP contribution in [0.4, 0.5) is 0 Å². The summed E-state index contributed by atoms with van der Waals surface area (Å²) >= 11 is 1.65. The summed E-state index contributed by atoms with van der Waals surface area (Å²) in [4.78, 5) is 0. The zero-order valence-corrected chi connectivity index (χ0v) is 12.1. The van der Waals surface area contributed by atoms with E-state index in [4.69, 9.17) is 4.74 Å². The van der Waals surface area contributed by atoms with Gasteiger partial charge in [0.25, 0.3) is 5.01 Å². The number of hydrogen-bond donors (Lipinski definition) is 1. The molecule has 100 valence electrons. The van der Waals surface area contributed by atoms with Gasteiger partial charge in [0.2, 0.25) is 0 Å². The second kappa shape index (κ2) is 5.84. The molecule has 0 fully saturated rings. The van der Waals surface area contributed by atoms with Crippen LogP contribution in [-0.4, -0.2) is 17.3 Å². The van der Waals surface area contributed by atoms with Gasteiger partial charge in [-0.1, -0.05) is 4.68 Å². The lowest BCUT2D eigenvalue weighted by Gasteiger charge is -2.04. The van der Waals surface area contributed by atoms with Crippen molar-refractivity contribution in [3.63, 3.8) is 0 Å². The van der Waals surface area contributed by atoms with Gasteiger partial charge >= 0.3 is 0 Å². The maximum absolute atomic E-state index is 9.42. The van der Waals surface area contributed by atoms with E-state index in [0.29, 0.717) is 5.75 Å². The molecule has 0 aliphatic heterocycles. The standard InChI is InChI=1S/C14H16N2O2S/c1-4-16-14(19-10(2)15-16)8-6-11-5-7-12(17)9-13(11)18-3/h5-9H,4H2,1-3H3/p+1. The number of rotatable bonds is 4. The minimum Gasteiger partial charge on any atom is -0.508 e. The number of nitrogens with zero attached hydrogens (tertiary/aromatic N) is 2. The highest BCUT2D eigenvalue weighted by Gasteiger charge is 2.12. The fourth-order valence-electron chi connectivity index (χ4n) is 1.79. The molecule has 19 heavy (non-hydrogen) atoms. The first-order valence-electron chi connectivity index (χ1n) is 6.06. The predicted octanol–water partition coefficient (Wildman–Crippen LogP) is 2.64. The molecule has 1 aromatic carbocycles. The first-order chi connectivity index (χ1) is 9.13. The molecule has 0 aliphatic rings. The smallest absolute Gasteiger partial charge is 0.289 e. The summed E-state index contributed by atoms with van der Waals surface area (Å²) in [7, 11) is 1.59. The second-order valence-corrected chi connectivity index (χ2v) is 5.25. The topological polar surface area (TPSA) is 46.2 Å². The van der Waals surface area contributed by atoms with E-state index < -0.39 is 0 Å². The van der Waals surface area contributed by atoms with Crippen molar-refractivity contribution in [1.82, 2.24) is 5.10 Å². The Morgan fingerprint density at radius 2 is 2.21 bits per heavy atom. The molecular weight excluding hydrogens is 260 g/mol. The highest BCUT2D eigenvalue weighted by molar-refractivity contribution is 7.11. The van der Waals surface area contributed by atoms with Crippen LogP contribution in [0.25, 0.3) is 12.2 Å². The van der Waals surface area contributed by atoms with Crippen LogP contribution in [0, 0.1) is 6.92 Å². The fraction of sp³-hybridized carbons (Fsp3) is 0.286. The summed E-state index contributed by atoms with van der Waals surface area (Å²) in [6, 6.07) is 5.08. The molecule has 0 radical (unpaired) electrons. The van der Waals surface area contributed by atoms with Crippen molar-refractivity contribution in [3.05, 3.63) is 33.8 Å². The van der Waals surface area contributed by atoms with Crippen molar-refractivity contribution in [2.24, 2.45) is 0 Å². The molecule has 5 heteroatoms. The van der Waals surface area contributed by atoms with Crippen LogP contribution >= 0.6 is 11.3 Å². The highest BCUT2D eigenvalue weighted by atomic mass is 32.1. The zero-order chi connectivity index (χ0) is 13.8. The largest absolute Gasteiger partial charge is 0.508 e. The highest BCUT2D eigenvalue weighted by Crippen LogP contribution is 2.25. The van der Waals surface area contributed by atoms with E-state index in [2.05, 4.69) is 12.0 Å². The maximum Gasteiger partial charge on any atom is 0.289 e. The van der Waals surface area contributed by atoms with Gasteiger partial charge in [-0.15, -0.1) is 0 Å². The minimum absolute atomic E-state index is 0.200. The summed E-state index contributed by atoms with van der Waals surface area (Å²) in [5.74, 6) is 0.854. The third kappa shape index (κ3) is 3.12. The molecule has 2 rings (SSSR count). The monoisotopic (exact) mass is 277 g/mol. The summed E-state index contributed by atoms with van der Waals surface area (Å²) in [5, 5.41) is 16.0. The van der Waals surface area contributed by atoms with E-state index in [1.54, 1.807) is 30.6 Å². The molecule has 0 saturated carbocycles. The molecule has 0 saturated heterocycles. The molecule has 1 aromatic heterocycles. The summed E-state index contributed by atoms with van der Waals surface area (Å²) < 4.78 is 7.21. The Morgan fingerprint density at radius 1 is 1.42 bits per heavy atom. The molecule has 0 aliphatic carbocycles. The molecule has 0 unspecified atom stereocenters. The lowest BCUT2D eigenvalue weighted by Crippen LogP contribution is -2.36. The molecule has 2 aromatic rings. The fourth-order valence-corrected chi connectivity index (χ4v) is 2.64. The second-order valence-electron chi connectivity index (χ2n) is 4.03. The SMILES string of the molecule is CC[n+]1nc(C)sc1C=Cc1ccc(O)cc1OC. The number of aromatic hydroxyl groups is 1. The van der Waals surface area contributed by atoms with Gasteiger partial charge < -0.3 is 9.84 Å². The van der Waals surface area contributed by atoms with Gasteiger partial charge in [0.1, 0.15) is 11.5 Å². The first kappa shape index (κ1) is 13.5. The van der Waals surface area contributed by atoms with Gasteiger partial charge in [0.05, 0.1) is 7.11 Å². The number of aromatic nitrogens is 2. The Kier molecular flexibility index (Phi) is 4.16. The summed E-state index contributed by atoms with van der Waals surface area (Å²) in [6.07, 6.45) is 3.99. The first-order valence-corrected chi connectivity index (χ1v) is 6.88. The Bertz CT molecular complexity index is 605. The molecule has 0 spiro atoms. The third-order valence-electron chi connectivity index (χ3n) is 2.69. The van der Waals surface area contributed by atoms with Crippen LogP contribution < -0.4 is 9.42 Å². The predicted molar refractivity (Wildman–Crippen MR) is 76.3 cm³/mol. The number of aryl methyl sites for hydroxylation is 2. The molecule has 4 nitrogen and oxygen atoms in total. The van der Waals surface area contributed by atoms with E-state index >= 15 is 0 Å². The summed E-state index contributed by atoms with van der Waals surface area (Å²) in [6.45, 7) is 4.91. The normalized spacial score (nSPS) is 11.1. The van der Waals surface area contributed by atoms with Gasteiger partial charge in [-0.3, -0.25) is 0 Å². The molecule has 0 atom stereocenters. The lowest BCUT2D eigenvalue weighted by atomic mass is 10.2. The quantitative estimate of drug-likeness (QED) is 0.874. The molecule has 0 amide bonds. The van der Waals surface area contributed by atoms with Crippen LogP contribution in [0.1, 0.15) is 22.5 Å². The van der Waals surface area contributed by atoms with Gasteiger partial charge in [0, 0.05) is 22.8 Å². The van der Waals surface area contributed by atoms with Gasteiger partial charge in [-0.05, 0) is 43.4 Å². The minimum atomic E-state index is 0.200. The maximum atomic E-state index is 9.42. The van der Waals surface area contributed by atoms with Crippen molar-refractivity contribution in [1.29, 1.82) is 0 Å². The number of ether oxygens (including phenoxy) is 1. The number of methoxy groups -OCH3 is 1. The molecule has 1 heterocycles. The number of benzene rings is 1. The third-order valence-corrected chi connectivity index (χ3v) is 3.62. The van der Waals surface area contributed by atoms with E-state index in [0.717, 1.165) is 22.1 Å². The van der Waals surface area contributed by atoms with E-state index in [1.165, 1.54) is 0 Å². The van der Waals surface area contributed by atoms with Gasteiger partial charge in [-0.25, -0.2) is 0 Å². The van der Waals surface area contributed by atoms with Crippen LogP contribution in [0.5, 0.6) is 11.5 Å². The Labute approximate surface area is 116 Å². The van der Waals surface area contributed by atoms with Crippen molar-refractivity contribution in [2.75, 3.05) is 7.11 Å². The molecular formula is C14H17N2O2S+. The molecule has 0 bridgehead atoms. The number of phenolic OH excluding ortho intramolecular Hbond substituents is 1. The van der Waals surface area contributed by atoms with Crippen molar-refractivity contribution < 1.29 is 14.5 Å². The average Bonchev–Trinajstić information content (AvgIpc) is 2.77. The Morgan fingerprint density at radius 3 is 2.89 bits per heavy atom. The van der Waals surface area contributed by atoms with Crippen LogP contribution in [0.2, 0.25) is 0 Å². The van der Waals surface area contributed by atoms with Gasteiger partial charge in [-0.2, -0.15) is 0 Å². The van der Waals surface area contributed by atoms with Crippen molar-refractivity contribution >= 4 is 23.5 Å². The zero-order valence-electron chi connectivity index (χ0n) is 11.3. The van der Waals surface area contributed by atoms with Gasteiger partial charge in [0.15, 0.2) is 11.6 Å². The Hall–Kier alpha value is -1.88. The van der Waals surface area contributed by atoms with E-state index in [9.17, 15) is 5.11 Å². The van der Waals surface area contributed by atoms with Crippen molar-refractivity contribution in [3.8, 4) is 11.5 Å². The number of phenols is 1. The Balaban J connectivity index is 2.32. The van der Waals surface area contributed by atoms with Crippen molar-refractivity contribution in [2.45, 2.75) is 20.4 Å². The lowest BCUT2D eigenvalue weighted by molar-refractivity contribution is -0.747. The average molecular weight is 277 g/mol. The van der Waals surface area contributed by atoms with E-state index in [1.807, 2.05) is 29.8 Å². The van der Waals surface area contributed by atoms with Crippen LogP contribution in [-0.2, 0) is 6.54 Å². The number of hydrogen-bond acceptors (Lipinski definition) is 4.